The number of hydrogen-bond acceptors (Lipinski definition) is 2. The molecule has 0 unspecified atom stereocenters. The van der Waals surface area contributed by atoms with Gasteiger partial charge in [-0.2, -0.15) is 0 Å². The summed E-state index contributed by atoms with van der Waals surface area (Å²) in [4.78, 5) is 8.53. The zero-order valence-corrected chi connectivity index (χ0v) is 5.35. The van der Waals surface area contributed by atoms with Crippen molar-refractivity contribution < 1.29 is 9.46 Å². The molecule has 0 amide bonds. The summed E-state index contributed by atoms with van der Waals surface area (Å²) >= 11 is 0. The van der Waals surface area contributed by atoms with Gasteiger partial charge in [0.25, 0.3) is 0 Å². The Balaban J connectivity index is 3.80. The highest BCUT2D eigenvalue weighted by Crippen LogP contribution is 2.37. The van der Waals surface area contributed by atoms with E-state index in [-0.39, 0.29) is 0 Å². The Morgan fingerprint density at radius 1 is 1.86 bits per heavy atom. The minimum Gasteiger partial charge on any atom is -0.343 e. The molecule has 3 nitrogen and oxygen atoms in total. The molecule has 0 aliphatic rings. The first-order valence-electron chi connectivity index (χ1n) is 2.00. The van der Waals surface area contributed by atoms with Gasteiger partial charge < -0.3 is 10.6 Å². The van der Waals surface area contributed by atoms with Gasteiger partial charge in [0.15, 0.2) is 0 Å². The zero-order chi connectivity index (χ0) is 6.08. The Morgan fingerprint density at radius 3 is 2.00 bits per heavy atom. The molecule has 0 rings (SSSR count). The lowest BCUT2D eigenvalue weighted by molar-refractivity contribution is 0.474. The molecule has 3 N–H and O–H groups in total. The molecule has 0 spiro atoms. The fourth-order valence-electron chi connectivity index (χ4n) is 0. The molecule has 2 atom stereocenters. The van der Waals surface area contributed by atoms with Crippen molar-refractivity contribution in [2.75, 3.05) is 6.66 Å². The molecule has 0 aromatic carbocycles. The molecule has 0 aromatic heterocycles. The lowest BCUT2D eigenvalue weighted by Gasteiger charge is -2.06. The van der Waals surface area contributed by atoms with E-state index in [1.165, 1.54) is 13.6 Å². The summed E-state index contributed by atoms with van der Waals surface area (Å²) in [7, 11) is -2.96. The van der Waals surface area contributed by atoms with Gasteiger partial charge in [-0.15, -0.1) is 0 Å². The molecule has 0 saturated heterocycles. The van der Waals surface area contributed by atoms with Crippen LogP contribution in [0.25, 0.3) is 0 Å². The van der Waals surface area contributed by atoms with Gasteiger partial charge in [-0.05, 0) is 6.92 Å². The van der Waals surface area contributed by atoms with Crippen LogP contribution in [0.1, 0.15) is 6.92 Å². The minimum absolute atomic E-state index is 0.590. The van der Waals surface area contributed by atoms with Gasteiger partial charge in [0.05, 0.1) is 5.78 Å². The van der Waals surface area contributed by atoms with E-state index in [2.05, 4.69) is 0 Å². The monoisotopic (exact) mass is 123 g/mol. The Hall–Kier alpha value is 0.150. The largest absolute Gasteiger partial charge is 0.343 e. The van der Waals surface area contributed by atoms with Crippen molar-refractivity contribution in [3.8, 4) is 0 Å². The van der Waals surface area contributed by atoms with Gasteiger partial charge in [0, 0.05) is 6.66 Å². The maximum absolute atomic E-state index is 10.3. The quantitative estimate of drug-likeness (QED) is 0.489. The summed E-state index contributed by atoms with van der Waals surface area (Å²) in [6.45, 7) is 2.76. The van der Waals surface area contributed by atoms with E-state index in [0.29, 0.717) is 0 Å². The molecule has 0 saturated carbocycles. The predicted octanol–water partition coefficient (Wildman–Crippen LogP) is 0.191. The van der Waals surface area contributed by atoms with Gasteiger partial charge in [-0.1, -0.05) is 0 Å². The molecule has 44 valence electrons. The Morgan fingerprint density at radius 2 is 2.00 bits per heavy atom. The van der Waals surface area contributed by atoms with Crippen LogP contribution in [-0.4, -0.2) is 17.3 Å². The SMILES string of the molecule is C[C@H](N)[P@@](C)(=O)O. The first-order valence-corrected chi connectivity index (χ1v) is 4.17. The van der Waals surface area contributed by atoms with Crippen LogP contribution < -0.4 is 5.73 Å². The van der Waals surface area contributed by atoms with Crippen LogP contribution in [0.5, 0.6) is 0 Å². The second kappa shape index (κ2) is 1.95. The van der Waals surface area contributed by atoms with E-state index >= 15 is 0 Å². The average molecular weight is 123 g/mol. The zero-order valence-electron chi connectivity index (χ0n) is 4.46. The van der Waals surface area contributed by atoms with E-state index in [1.807, 2.05) is 0 Å². The van der Waals surface area contributed by atoms with Crippen LogP contribution in [0.3, 0.4) is 0 Å². The topological polar surface area (TPSA) is 63.3 Å². The number of hydrogen-bond donors (Lipinski definition) is 2. The predicted molar refractivity (Wildman–Crippen MR) is 29.4 cm³/mol. The second-order valence-corrected chi connectivity index (χ2v) is 4.39. The number of nitrogens with two attached hydrogens (primary N) is 1. The van der Waals surface area contributed by atoms with Crippen molar-refractivity contribution in [3.05, 3.63) is 0 Å². The van der Waals surface area contributed by atoms with E-state index in [4.69, 9.17) is 10.6 Å². The molecule has 0 bridgehead atoms. The van der Waals surface area contributed by atoms with Crippen molar-refractivity contribution in [3.63, 3.8) is 0 Å². The van der Waals surface area contributed by atoms with Crippen LogP contribution in [-0.2, 0) is 4.57 Å². The molecule has 0 aromatic rings. The standard InChI is InChI=1S/C3H10NO2P/c1-3(4)7(2,5)6/h3H,4H2,1-2H3,(H,5,6)/t3-/m1/s1. The molecule has 4 heteroatoms. The van der Waals surface area contributed by atoms with Crippen molar-refractivity contribution in [2.24, 2.45) is 5.73 Å². The first kappa shape index (κ1) is 7.15. The Labute approximate surface area is 43.0 Å². The van der Waals surface area contributed by atoms with Crippen LogP contribution in [0, 0.1) is 0 Å². The number of rotatable bonds is 1. The average Bonchev–Trinajstić information content (AvgIpc) is 1.31. The maximum Gasteiger partial charge on any atom is 0.213 e. The van der Waals surface area contributed by atoms with Crippen molar-refractivity contribution in [1.82, 2.24) is 0 Å². The molecule has 0 fully saturated rings. The summed E-state index contributed by atoms with van der Waals surface area (Å²) in [5, 5.41) is 0. The van der Waals surface area contributed by atoms with Gasteiger partial charge in [-0.25, -0.2) is 0 Å². The molecule has 0 aliphatic carbocycles. The smallest absolute Gasteiger partial charge is 0.213 e. The third-order valence-electron chi connectivity index (χ3n) is 0.756. The minimum atomic E-state index is -2.96. The fraction of sp³-hybridized carbons (Fsp3) is 1.00. The van der Waals surface area contributed by atoms with Gasteiger partial charge in [0.1, 0.15) is 0 Å². The van der Waals surface area contributed by atoms with Crippen LogP contribution >= 0.6 is 7.37 Å². The summed E-state index contributed by atoms with van der Waals surface area (Å²) < 4.78 is 10.3. The van der Waals surface area contributed by atoms with Crippen LogP contribution in [0.4, 0.5) is 0 Å². The summed E-state index contributed by atoms with van der Waals surface area (Å²) in [6.07, 6.45) is 0. The maximum atomic E-state index is 10.3. The highest BCUT2D eigenvalue weighted by Gasteiger charge is 2.14. The first-order chi connectivity index (χ1) is 2.94. The summed E-state index contributed by atoms with van der Waals surface area (Å²) in [5.74, 6) is -0.590. The van der Waals surface area contributed by atoms with Crippen molar-refractivity contribution in [2.45, 2.75) is 12.7 Å². The molecular formula is C3H10NO2P. The molecule has 0 aliphatic heterocycles. The Bertz CT molecular complexity index is 95.1. The third kappa shape index (κ3) is 2.80. The van der Waals surface area contributed by atoms with Gasteiger partial charge >= 0.3 is 0 Å². The Kier molecular flexibility index (Phi) is 1.99. The molecular weight excluding hydrogens is 113 g/mol. The van der Waals surface area contributed by atoms with Gasteiger partial charge in [-0.3, -0.25) is 4.57 Å². The molecule has 0 heterocycles. The van der Waals surface area contributed by atoms with E-state index in [9.17, 15) is 4.57 Å². The lowest BCUT2D eigenvalue weighted by Crippen LogP contribution is -2.13. The lowest BCUT2D eigenvalue weighted by atomic mass is 10.8. The summed E-state index contributed by atoms with van der Waals surface area (Å²) in [5.41, 5.74) is 5.06. The fourth-order valence-corrected chi connectivity index (χ4v) is 0. The molecule has 0 radical (unpaired) electrons. The van der Waals surface area contributed by atoms with Crippen LogP contribution in [0.15, 0.2) is 0 Å². The summed E-state index contributed by atoms with van der Waals surface area (Å²) in [6, 6.07) is 0. The van der Waals surface area contributed by atoms with E-state index < -0.39 is 13.2 Å². The highest BCUT2D eigenvalue weighted by molar-refractivity contribution is 7.57. The second-order valence-electron chi connectivity index (χ2n) is 1.68. The van der Waals surface area contributed by atoms with Crippen molar-refractivity contribution >= 4 is 7.37 Å². The third-order valence-corrected chi connectivity index (χ3v) is 2.27. The van der Waals surface area contributed by atoms with Crippen molar-refractivity contribution in [1.29, 1.82) is 0 Å². The molecule has 7 heavy (non-hydrogen) atoms. The van der Waals surface area contributed by atoms with Crippen LogP contribution in [0.2, 0.25) is 0 Å². The normalized spacial score (nSPS) is 23.4. The van der Waals surface area contributed by atoms with E-state index in [1.54, 1.807) is 0 Å². The van der Waals surface area contributed by atoms with E-state index in [0.717, 1.165) is 0 Å². The van der Waals surface area contributed by atoms with Gasteiger partial charge in [0.2, 0.25) is 7.37 Å². The highest BCUT2D eigenvalue weighted by atomic mass is 31.2.